The Kier molecular flexibility index (Phi) is 8.73. The number of carboxylic acid groups (broad SMARTS) is 1. The summed E-state index contributed by atoms with van der Waals surface area (Å²) >= 11 is 0. The summed E-state index contributed by atoms with van der Waals surface area (Å²) in [6.07, 6.45) is 1.76. The molecule has 0 radical (unpaired) electrons. The Morgan fingerprint density at radius 3 is 2.37 bits per heavy atom. The number of carbonyl (C=O) groups excluding carboxylic acids is 2. The fourth-order valence-corrected chi connectivity index (χ4v) is 6.51. The Labute approximate surface area is 224 Å². The van der Waals surface area contributed by atoms with Crippen molar-refractivity contribution in [1.29, 1.82) is 0 Å². The monoisotopic (exact) mass is 540 g/mol. The number of esters is 2. The summed E-state index contributed by atoms with van der Waals surface area (Å²) in [5, 5.41) is 41.2. The number of aliphatic carboxylic acids is 1. The minimum Gasteiger partial charge on any atom is -0.481 e. The second-order valence-corrected chi connectivity index (χ2v) is 12.8. The molecule has 1 heterocycles. The van der Waals surface area contributed by atoms with Gasteiger partial charge in [0, 0.05) is 12.3 Å². The van der Waals surface area contributed by atoms with Gasteiger partial charge in [0.15, 0.2) is 0 Å². The van der Waals surface area contributed by atoms with Gasteiger partial charge < -0.3 is 34.6 Å². The van der Waals surface area contributed by atoms with Crippen LogP contribution < -0.4 is 0 Å². The summed E-state index contributed by atoms with van der Waals surface area (Å²) in [6, 6.07) is 0. The number of hydrogen-bond donors (Lipinski definition) is 4. The van der Waals surface area contributed by atoms with Gasteiger partial charge in [0.05, 0.1) is 36.3 Å². The SMILES string of the molecule is CC(=O)OC1/C=C(/COC(=O)CC(C)(O)CC(=O)O)CC[C@H](O)[C@@]2(C)O[C@H]2C[C@H]2[C@H](C(C)(C)O)CC[C@]12C. The van der Waals surface area contributed by atoms with Crippen molar-refractivity contribution in [2.75, 3.05) is 6.61 Å². The molecule has 0 amide bonds. The number of aliphatic hydroxyl groups is 3. The first-order chi connectivity index (χ1) is 17.4. The molecule has 10 nitrogen and oxygen atoms in total. The molecule has 0 aromatic rings. The summed E-state index contributed by atoms with van der Waals surface area (Å²) in [6.45, 7) is 9.94. The van der Waals surface area contributed by atoms with Crippen LogP contribution in [-0.2, 0) is 28.6 Å². The van der Waals surface area contributed by atoms with Crippen LogP contribution in [0.25, 0.3) is 0 Å². The van der Waals surface area contributed by atoms with E-state index in [-0.39, 0.29) is 24.5 Å². The lowest BCUT2D eigenvalue weighted by atomic mass is 9.67. The molecule has 0 aromatic heterocycles. The average Bonchev–Trinajstić information content (AvgIpc) is 3.28. The van der Waals surface area contributed by atoms with Gasteiger partial charge in [-0.3, -0.25) is 14.4 Å². The predicted molar refractivity (Wildman–Crippen MR) is 136 cm³/mol. The third-order valence-electron chi connectivity index (χ3n) is 8.89. The Balaban J connectivity index is 1.92. The van der Waals surface area contributed by atoms with Gasteiger partial charge >= 0.3 is 17.9 Å². The zero-order valence-corrected chi connectivity index (χ0v) is 23.4. The Morgan fingerprint density at radius 1 is 1.13 bits per heavy atom. The van der Waals surface area contributed by atoms with Crippen LogP contribution >= 0.6 is 0 Å². The normalized spacial score (nSPS) is 38.3. The van der Waals surface area contributed by atoms with Crippen molar-refractivity contribution in [1.82, 2.24) is 0 Å². The van der Waals surface area contributed by atoms with Crippen molar-refractivity contribution in [3.8, 4) is 0 Å². The zero-order chi connectivity index (χ0) is 28.7. The molecule has 3 aliphatic rings. The first-order valence-electron chi connectivity index (χ1n) is 13.4. The number of carboxylic acids is 1. The number of rotatable bonds is 8. The minimum atomic E-state index is -1.76. The third-order valence-corrected chi connectivity index (χ3v) is 8.89. The van der Waals surface area contributed by atoms with E-state index >= 15 is 0 Å². The van der Waals surface area contributed by atoms with E-state index in [1.807, 2.05) is 13.8 Å². The molecule has 38 heavy (non-hydrogen) atoms. The van der Waals surface area contributed by atoms with Gasteiger partial charge in [0.25, 0.3) is 0 Å². The highest BCUT2D eigenvalue weighted by atomic mass is 16.6. The molecule has 2 aliphatic carbocycles. The van der Waals surface area contributed by atoms with E-state index in [1.165, 1.54) is 13.8 Å². The molecule has 3 rings (SSSR count). The van der Waals surface area contributed by atoms with Crippen LogP contribution in [0.1, 0.15) is 86.5 Å². The molecule has 8 atom stereocenters. The number of epoxide rings is 1. The lowest BCUT2D eigenvalue weighted by Gasteiger charge is -2.41. The van der Waals surface area contributed by atoms with E-state index in [1.54, 1.807) is 19.9 Å². The van der Waals surface area contributed by atoms with E-state index < -0.39 is 65.2 Å². The molecule has 0 aromatic carbocycles. The van der Waals surface area contributed by atoms with Gasteiger partial charge in [-0.2, -0.15) is 0 Å². The standard InChI is InChI=1S/C28H44O10/c1-16(29)37-21-11-17(15-36-24(33)14-26(4,35)13-23(31)32)7-8-20(30)28(6)22(38-28)12-19-18(25(2,3)34)9-10-27(19,21)5/h11,18-22,30,34-35H,7-10,12-15H2,1-6H3,(H,31,32)/b17-11+/t18-,19+,20+,21?,22+,26?,27+,28-/m1/s1. The second-order valence-electron chi connectivity index (χ2n) is 12.8. The largest absolute Gasteiger partial charge is 0.481 e. The summed E-state index contributed by atoms with van der Waals surface area (Å²) in [5.74, 6) is -2.61. The molecular weight excluding hydrogens is 496 g/mol. The van der Waals surface area contributed by atoms with E-state index in [2.05, 4.69) is 0 Å². The van der Waals surface area contributed by atoms with Crippen molar-refractivity contribution in [2.45, 2.75) is 122 Å². The maximum atomic E-state index is 12.5. The zero-order valence-electron chi connectivity index (χ0n) is 23.4. The third kappa shape index (κ3) is 6.94. The molecule has 1 saturated carbocycles. The molecule has 1 saturated heterocycles. The summed E-state index contributed by atoms with van der Waals surface area (Å²) in [7, 11) is 0. The maximum Gasteiger partial charge on any atom is 0.309 e. The topological polar surface area (TPSA) is 163 Å². The summed E-state index contributed by atoms with van der Waals surface area (Å²) in [4.78, 5) is 35.6. The average molecular weight is 541 g/mol. The molecule has 10 heteroatoms. The molecule has 2 fully saturated rings. The quantitative estimate of drug-likeness (QED) is 0.204. The van der Waals surface area contributed by atoms with Gasteiger partial charge in [-0.15, -0.1) is 0 Å². The van der Waals surface area contributed by atoms with Gasteiger partial charge in [-0.25, -0.2) is 0 Å². The highest BCUT2D eigenvalue weighted by molar-refractivity contribution is 5.74. The first-order valence-corrected chi connectivity index (χ1v) is 13.4. The lowest BCUT2D eigenvalue weighted by Crippen LogP contribution is -2.44. The number of carbonyl (C=O) groups is 3. The first kappa shape index (κ1) is 30.5. The number of hydrogen-bond acceptors (Lipinski definition) is 9. The van der Waals surface area contributed by atoms with Gasteiger partial charge in [0.1, 0.15) is 18.3 Å². The van der Waals surface area contributed by atoms with Gasteiger partial charge in [-0.1, -0.05) is 6.92 Å². The van der Waals surface area contributed by atoms with E-state index in [0.29, 0.717) is 31.3 Å². The Morgan fingerprint density at radius 2 is 1.79 bits per heavy atom. The highest BCUT2D eigenvalue weighted by Gasteiger charge is 2.62. The van der Waals surface area contributed by atoms with Crippen LogP contribution in [0, 0.1) is 17.3 Å². The van der Waals surface area contributed by atoms with Crippen molar-refractivity contribution < 1.29 is 49.0 Å². The fourth-order valence-electron chi connectivity index (χ4n) is 6.51. The van der Waals surface area contributed by atoms with E-state index in [0.717, 1.165) is 6.42 Å². The molecular formula is C28H44O10. The molecule has 2 unspecified atom stereocenters. The molecule has 0 spiro atoms. The van der Waals surface area contributed by atoms with Gasteiger partial charge in [0.2, 0.25) is 0 Å². The maximum absolute atomic E-state index is 12.5. The number of aliphatic hydroxyl groups excluding tert-OH is 1. The van der Waals surface area contributed by atoms with Crippen molar-refractivity contribution in [2.24, 2.45) is 17.3 Å². The Bertz CT molecular complexity index is 950. The number of fused-ring (bicyclic) bond motifs is 2. The molecule has 216 valence electrons. The van der Waals surface area contributed by atoms with Crippen LogP contribution in [0.15, 0.2) is 11.6 Å². The molecule has 4 N–H and O–H groups in total. The van der Waals surface area contributed by atoms with Gasteiger partial charge in [-0.05, 0) is 83.3 Å². The van der Waals surface area contributed by atoms with Crippen molar-refractivity contribution in [3.05, 3.63) is 11.6 Å². The minimum absolute atomic E-state index is 0.0739. The van der Waals surface area contributed by atoms with Crippen LogP contribution in [0.3, 0.4) is 0 Å². The predicted octanol–water partition coefficient (Wildman–Crippen LogP) is 2.51. The Hall–Kier alpha value is -2.01. The fraction of sp³-hybridized carbons (Fsp3) is 0.821. The lowest BCUT2D eigenvalue weighted by molar-refractivity contribution is -0.153. The van der Waals surface area contributed by atoms with Crippen LogP contribution in [-0.4, -0.2) is 80.1 Å². The highest BCUT2D eigenvalue weighted by Crippen LogP contribution is 2.58. The van der Waals surface area contributed by atoms with Crippen LogP contribution in [0.2, 0.25) is 0 Å². The molecule has 0 bridgehead atoms. The van der Waals surface area contributed by atoms with E-state index in [9.17, 15) is 29.7 Å². The van der Waals surface area contributed by atoms with Crippen LogP contribution in [0.4, 0.5) is 0 Å². The summed E-state index contributed by atoms with van der Waals surface area (Å²) in [5.41, 5.74) is -3.37. The molecule has 1 aliphatic heterocycles. The van der Waals surface area contributed by atoms with Crippen molar-refractivity contribution in [3.63, 3.8) is 0 Å². The number of ether oxygens (including phenoxy) is 3. The summed E-state index contributed by atoms with van der Waals surface area (Å²) < 4.78 is 17.3. The van der Waals surface area contributed by atoms with Crippen molar-refractivity contribution >= 4 is 17.9 Å². The van der Waals surface area contributed by atoms with Crippen LogP contribution in [0.5, 0.6) is 0 Å². The second kappa shape index (κ2) is 10.9. The smallest absolute Gasteiger partial charge is 0.309 e. The van der Waals surface area contributed by atoms with E-state index in [4.69, 9.17) is 19.3 Å².